The standard InChI is InChI=1S/C18H22FNO/c1-18(13-21,15-6-8-16(19)9-7-15)12-14-4-10-17(11-5-14)20(2)3/h4-11,21H,12-13H2,1-3H3. The Bertz CT molecular complexity index is 577. The van der Waals surface area contributed by atoms with Crippen molar-refractivity contribution in [1.29, 1.82) is 0 Å². The van der Waals surface area contributed by atoms with Crippen molar-refractivity contribution in [2.45, 2.75) is 18.8 Å². The molecule has 0 saturated heterocycles. The summed E-state index contributed by atoms with van der Waals surface area (Å²) in [7, 11) is 4.01. The van der Waals surface area contributed by atoms with E-state index in [0.29, 0.717) is 6.42 Å². The molecule has 1 unspecified atom stereocenters. The van der Waals surface area contributed by atoms with Crippen LogP contribution >= 0.6 is 0 Å². The molecule has 0 amide bonds. The molecule has 0 heterocycles. The predicted octanol–water partition coefficient (Wildman–Crippen LogP) is 3.38. The molecule has 2 nitrogen and oxygen atoms in total. The Balaban J connectivity index is 2.23. The van der Waals surface area contributed by atoms with Crippen molar-refractivity contribution in [3.63, 3.8) is 0 Å². The summed E-state index contributed by atoms with van der Waals surface area (Å²) in [6, 6.07) is 14.7. The fraction of sp³-hybridized carbons (Fsp3) is 0.333. The highest BCUT2D eigenvalue weighted by Gasteiger charge is 2.26. The number of nitrogens with zero attached hydrogens (tertiary/aromatic N) is 1. The zero-order valence-electron chi connectivity index (χ0n) is 12.8. The minimum atomic E-state index is -0.409. The van der Waals surface area contributed by atoms with Crippen LogP contribution < -0.4 is 4.90 Å². The van der Waals surface area contributed by atoms with Gasteiger partial charge < -0.3 is 10.0 Å². The molecule has 0 radical (unpaired) electrons. The van der Waals surface area contributed by atoms with Crippen molar-refractivity contribution in [3.8, 4) is 0 Å². The summed E-state index contributed by atoms with van der Waals surface area (Å²) in [6.07, 6.45) is 0.711. The van der Waals surface area contributed by atoms with Crippen molar-refractivity contribution in [2.24, 2.45) is 0 Å². The summed E-state index contributed by atoms with van der Waals surface area (Å²) in [6.45, 7) is 2.02. The van der Waals surface area contributed by atoms with Crippen LogP contribution in [0.5, 0.6) is 0 Å². The van der Waals surface area contributed by atoms with E-state index in [2.05, 4.69) is 29.2 Å². The highest BCUT2D eigenvalue weighted by molar-refractivity contribution is 5.46. The van der Waals surface area contributed by atoms with Crippen LogP contribution in [0.1, 0.15) is 18.1 Å². The first-order chi connectivity index (χ1) is 9.94. The van der Waals surface area contributed by atoms with Gasteiger partial charge in [-0.05, 0) is 41.8 Å². The van der Waals surface area contributed by atoms with Gasteiger partial charge in [0.1, 0.15) is 5.82 Å². The van der Waals surface area contributed by atoms with Gasteiger partial charge in [0.25, 0.3) is 0 Å². The SMILES string of the molecule is CN(C)c1ccc(CC(C)(CO)c2ccc(F)cc2)cc1. The molecule has 0 spiro atoms. The molecule has 0 bridgehead atoms. The van der Waals surface area contributed by atoms with Crippen molar-refractivity contribution in [2.75, 3.05) is 25.6 Å². The van der Waals surface area contributed by atoms with Gasteiger partial charge in [-0.25, -0.2) is 4.39 Å². The second kappa shape index (κ2) is 6.27. The number of anilines is 1. The molecule has 0 aromatic heterocycles. The first-order valence-corrected chi connectivity index (χ1v) is 7.08. The fourth-order valence-corrected chi connectivity index (χ4v) is 2.46. The van der Waals surface area contributed by atoms with Crippen LogP contribution in [-0.4, -0.2) is 25.8 Å². The normalized spacial score (nSPS) is 13.8. The third kappa shape index (κ3) is 3.61. The highest BCUT2D eigenvalue weighted by Crippen LogP contribution is 2.28. The van der Waals surface area contributed by atoms with E-state index >= 15 is 0 Å². The van der Waals surface area contributed by atoms with E-state index in [-0.39, 0.29) is 12.4 Å². The molecule has 0 saturated carbocycles. The number of halogens is 1. The number of aliphatic hydroxyl groups excluding tert-OH is 1. The van der Waals surface area contributed by atoms with E-state index in [9.17, 15) is 9.50 Å². The minimum absolute atomic E-state index is 0.0219. The second-order valence-electron chi connectivity index (χ2n) is 5.96. The maximum absolute atomic E-state index is 13.1. The molecule has 1 N–H and O–H groups in total. The summed E-state index contributed by atoms with van der Waals surface area (Å²) in [4.78, 5) is 2.05. The Morgan fingerprint density at radius 2 is 1.57 bits per heavy atom. The molecular formula is C18H22FNO. The lowest BCUT2D eigenvalue weighted by Gasteiger charge is -2.28. The number of benzene rings is 2. The first kappa shape index (κ1) is 15.5. The van der Waals surface area contributed by atoms with E-state index in [0.717, 1.165) is 16.8 Å². The lowest BCUT2D eigenvalue weighted by atomic mass is 9.78. The van der Waals surface area contributed by atoms with E-state index in [1.165, 1.54) is 12.1 Å². The topological polar surface area (TPSA) is 23.5 Å². The summed E-state index contributed by atoms with van der Waals surface area (Å²) >= 11 is 0. The monoisotopic (exact) mass is 287 g/mol. The van der Waals surface area contributed by atoms with E-state index in [1.54, 1.807) is 12.1 Å². The second-order valence-corrected chi connectivity index (χ2v) is 5.96. The Labute approximate surface area is 125 Å². The van der Waals surface area contributed by atoms with Crippen LogP contribution in [-0.2, 0) is 11.8 Å². The third-order valence-electron chi connectivity index (χ3n) is 3.94. The number of rotatable bonds is 5. The minimum Gasteiger partial charge on any atom is -0.395 e. The lowest BCUT2D eigenvalue weighted by molar-refractivity contribution is 0.204. The van der Waals surface area contributed by atoms with Crippen LogP contribution in [0.15, 0.2) is 48.5 Å². The molecular weight excluding hydrogens is 265 g/mol. The van der Waals surface area contributed by atoms with Crippen molar-refractivity contribution in [1.82, 2.24) is 0 Å². The van der Waals surface area contributed by atoms with Gasteiger partial charge in [-0.2, -0.15) is 0 Å². The zero-order chi connectivity index (χ0) is 15.5. The average molecular weight is 287 g/mol. The molecule has 2 aromatic rings. The van der Waals surface area contributed by atoms with Gasteiger partial charge >= 0.3 is 0 Å². The molecule has 112 valence electrons. The Morgan fingerprint density at radius 3 is 2.05 bits per heavy atom. The van der Waals surface area contributed by atoms with Crippen molar-refractivity contribution in [3.05, 3.63) is 65.5 Å². The quantitative estimate of drug-likeness (QED) is 0.911. The van der Waals surface area contributed by atoms with Crippen LogP contribution in [0.4, 0.5) is 10.1 Å². The third-order valence-corrected chi connectivity index (χ3v) is 3.94. The number of hydrogen-bond acceptors (Lipinski definition) is 2. The first-order valence-electron chi connectivity index (χ1n) is 7.08. The predicted molar refractivity (Wildman–Crippen MR) is 85.3 cm³/mol. The van der Waals surface area contributed by atoms with Crippen LogP contribution in [0.25, 0.3) is 0 Å². The van der Waals surface area contributed by atoms with Gasteiger partial charge in [-0.1, -0.05) is 31.2 Å². The molecule has 3 heteroatoms. The molecule has 1 atom stereocenters. The number of aliphatic hydroxyl groups is 1. The molecule has 0 aliphatic rings. The summed E-state index contributed by atoms with van der Waals surface area (Å²) in [5.41, 5.74) is 2.84. The van der Waals surface area contributed by atoms with E-state index < -0.39 is 5.41 Å². The maximum Gasteiger partial charge on any atom is 0.123 e. The van der Waals surface area contributed by atoms with Gasteiger partial charge in [0.15, 0.2) is 0 Å². The van der Waals surface area contributed by atoms with Crippen LogP contribution in [0, 0.1) is 5.82 Å². The van der Waals surface area contributed by atoms with Gasteiger partial charge in [0.2, 0.25) is 0 Å². The van der Waals surface area contributed by atoms with Crippen LogP contribution in [0.2, 0.25) is 0 Å². The molecule has 2 aromatic carbocycles. The summed E-state index contributed by atoms with van der Waals surface area (Å²) in [5, 5.41) is 9.81. The largest absolute Gasteiger partial charge is 0.395 e. The maximum atomic E-state index is 13.1. The summed E-state index contributed by atoms with van der Waals surface area (Å²) < 4.78 is 13.1. The highest BCUT2D eigenvalue weighted by atomic mass is 19.1. The molecule has 21 heavy (non-hydrogen) atoms. The van der Waals surface area contributed by atoms with E-state index in [1.807, 2.05) is 21.0 Å². The van der Waals surface area contributed by atoms with Gasteiger partial charge in [-0.15, -0.1) is 0 Å². The zero-order valence-corrected chi connectivity index (χ0v) is 12.8. The lowest BCUT2D eigenvalue weighted by Crippen LogP contribution is -2.29. The van der Waals surface area contributed by atoms with Gasteiger partial charge in [-0.3, -0.25) is 0 Å². The van der Waals surface area contributed by atoms with E-state index in [4.69, 9.17) is 0 Å². The molecule has 0 fully saturated rings. The fourth-order valence-electron chi connectivity index (χ4n) is 2.46. The van der Waals surface area contributed by atoms with Crippen molar-refractivity contribution >= 4 is 5.69 Å². The Kier molecular flexibility index (Phi) is 4.63. The Morgan fingerprint density at radius 1 is 1.00 bits per heavy atom. The van der Waals surface area contributed by atoms with Crippen LogP contribution in [0.3, 0.4) is 0 Å². The smallest absolute Gasteiger partial charge is 0.123 e. The molecule has 2 rings (SSSR count). The number of hydrogen-bond donors (Lipinski definition) is 1. The van der Waals surface area contributed by atoms with Gasteiger partial charge in [0.05, 0.1) is 6.61 Å². The van der Waals surface area contributed by atoms with Crippen molar-refractivity contribution < 1.29 is 9.50 Å². The van der Waals surface area contributed by atoms with Gasteiger partial charge in [0, 0.05) is 25.2 Å². The molecule has 0 aliphatic heterocycles. The average Bonchev–Trinajstić information content (AvgIpc) is 2.48. The Hall–Kier alpha value is -1.87. The summed E-state index contributed by atoms with van der Waals surface area (Å²) in [5.74, 6) is -0.255. The molecule has 0 aliphatic carbocycles.